The van der Waals surface area contributed by atoms with Gasteiger partial charge in [0.05, 0.1) is 6.54 Å². The van der Waals surface area contributed by atoms with Gasteiger partial charge in [0.15, 0.2) is 0 Å². The second-order valence-electron chi connectivity index (χ2n) is 4.90. The van der Waals surface area contributed by atoms with Gasteiger partial charge >= 0.3 is 6.18 Å². The Morgan fingerprint density at radius 3 is 2.20 bits per heavy atom. The quantitative estimate of drug-likeness (QED) is 0.845. The molecule has 0 heterocycles. The molecule has 0 saturated carbocycles. The third-order valence-corrected chi connectivity index (χ3v) is 3.21. The average molecular weight is 288 g/mol. The molecule has 0 aliphatic rings. The van der Waals surface area contributed by atoms with Gasteiger partial charge in [0.1, 0.15) is 5.54 Å². The first kappa shape index (κ1) is 16.5. The van der Waals surface area contributed by atoms with Gasteiger partial charge in [-0.25, -0.2) is 0 Å². The Hall–Kier alpha value is -1.56. The van der Waals surface area contributed by atoms with E-state index in [0.717, 1.165) is 18.4 Å². The van der Waals surface area contributed by atoms with Crippen molar-refractivity contribution < 1.29 is 18.0 Å². The number of nitrogens with two attached hydrogens (primary N) is 1. The van der Waals surface area contributed by atoms with Gasteiger partial charge in [-0.3, -0.25) is 10.1 Å². The van der Waals surface area contributed by atoms with Crippen LogP contribution in [0, 0.1) is 0 Å². The van der Waals surface area contributed by atoms with Gasteiger partial charge in [0, 0.05) is 0 Å². The van der Waals surface area contributed by atoms with Gasteiger partial charge < -0.3 is 5.73 Å². The monoisotopic (exact) mass is 288 g/mol. The Labute approximate surface area is 116 Å². The molecule has 0 fully saturated rings. The molecule has 3 nitrogen and oxygen atoms in total. The second-order valence-corrected chi connectivity index (χ2v) is 4.90. The zero-order chi connectivity index (χ0) is 15.4. The van der Waals surface area contributed by atoms with Gasteiger partial charge in [0.2, 0.25) is 5.91 Å². The van der Waals surface area contributed by atoms with Crippen molar-refractivity contribution in [1.82, 2.24) is 5.32 Å². The first-order chi connectivity index (χ1) is 9.19. The minimum Gasteiger partial charge on any atom is -0.368 e. The maximum absolute atomic E-state index is 12.3. The lowest BCUT2D eigenvalue weighted by molar-refractivity contribution is -0.135. The minimum absolute atomic E-state index is 0.425. The van der Waals surface area contributed by atoms with Crippen molar-refractivity contribution in [1.29, 1.82) is 0 Å². The lowest BCUT2D eigenvalue weighted by atomic mass is 9.90. The van der Waals surface area contributed by atoms with E-state index in [0.29, 0.717) is 5.56 Å². The van der Waals surface area contributed by atoms with Crippen molar-refractivity contribution in [2.75, 3.05) is 6.54 Å². The van der Waals surface area contributed by atoms with E-state index < -0.39 is 24.2 Å². The fourth-order valence-electron chi connectivity index (χ4n) is 1.90. The van der Waals surface area contributed by atoms with Gasteiger partial charge in [0.25, 0.3) is 0 Å². The molecular weight excluding hydrogens is 269 g/mol. The molecule has 3 N–H and O–H groups in total. The molecule has 0 aliphatic heterocycles. The number of aryl methyl sites for hydroxylation is 1. The molecule has 0 radical (unpaired) electrons. The lowest BCUT2D eigenvalue weighted by Crippen LogP contribution is -2.53. The third kappa shape index (κ3) is 4.23. The van der Waals surface area contributed by atoms with E-state index >= 15 is 0 Å². The maximum Gasteiger partial charge on any atom is 0.401 e. The summed E-state index contributed by atoms with van der Waals surface area (Å²) in [4.78, 5) is 11.5. The van der Waals surface area contributed by atoms with Crippen LogP contribution in [0.5, 0.6) is 0 Å². The van der Waals surface area contributed by atoms with Crippen LogP contribution in [0.2, 0.25) is 0 Å². The van der Waals surface area contributed by atoms with E-state index in [1.54, 1.807) is 24.3 Å². The molecule has 20 heavy (non-hydrogen) atoms. The Balaban J connectivity index is 2.97. The number of amides is 1. The average Bonchev–Trinajstić information content (AvgIpc) is 2.36. The molecule has 112 valence electrons. The molecule has 0 aromatic heterocycles. The van der Waals surface area contributed by atoms with E-state index in [-0.39, 0.29) is 0 Å². The van der Waals surface area contributed by atoms with Crippen molar-refractivity contribution in [2.45, 2.75) is 38.4 Å². The summed E-state index contributed by atoms with van der Waals surface area (Å²) >= 11 is 0. The molecule has 0 spiro atoms. The zero-order valence-electron chi connectivity index (χ0n) is 11.6. The molecule has 1 rings (SSSR count). The summed E-state index contributed by atoms with van der Waals surface area (Å²) in [6.45, 7) is 2.12. The van der Waals surface area contributed by atoms with E-state index in [9.17, 15) is 18.0 Å². The van der Waals surface area contributed by atoms with Gasteiger partial charge in [-0.1, -0.05) is 37.6 Å². The normalized spacial score (nSPS) is 14.8. The van der Waals surface area contributed by atoms with E-state index in [4.69, 9.17) is 5.73 Å². The van der Waals surface area contributed by atoms with Crippen LogP contribution in [0.3, 0.4) is 0 Å². The van der Waals surface area contributed by atoms with Crippen LogP contribution >= 0.6 is 0 Å². The molecule has 1 amide bonds. The summed E-state index contributed by atoms with van der Waals surface area (Å²) < 4.78 is 36.9. The predicted octanol–water partition coefficient (Wildman–Crippen LogP) is 2.49. The van der Waals surface area contributed by atoms with E-state index in [2.05, 4.69) is 5.32 Å². The Bertz CT molecular complexity index is 456. The molecule has 1 atom stereocenters. The highest BCUT2D eigenvalue weighted by Crippen LogP contribution is 2.23. The van der Waals surface area contributed by atoms with Crippen LogP contribution in [0.1, 0.15) is 31.4 Å². The number of carbonyl (C=O) groups is 1. The highest BCUT2D eigenvalue weighted by atomic mass is 19.4. The van der Waals surface area contributed by atoms with Crippen molar-refractivity contribution in [3.63, 3.8) is 0 Å². The summed E-state index contributed by atoms with van der Waals surface area (Å²) in [5.74, 6) is -0.843. The van der Waals surface area contributed by atoms with Gasteiger partial charge in [-0.15, -0.1) is 0 Å². The first-order valence-electron chi connectivity index (χ1n) is 6.40. The third-order valence-electron chi connectivity index (χ3n) is 3.21. The van der Waals surface area contributed by atoms with Crippen LogP contribution in [-0.2, 0) is 16.8 Å². The standard InChI is InChI=1S/C14H19F3N2O/c1-3-4-10-5-7-11(8-6-10)13(2,12(18)20)19-9-14(15,16)17/h5-8,19H,3-4,9H2,1-2H3,(H2,18,20). The maximum atomic E-state index is 12.3. The molecule has 0 saturated heterocycles. The van der Waals surface area contributed by atoms with Crippen LogP contribution in [0.25, 0.3) is 0 Å². The first-order valence-corrected chi connectivity index (χ1v) is 6.40. The Kier molecular flexibility index (Phi) is 5.16. The number of benzene rings is 1. The topological polar surface area (TPSA) is 55.1 Å². The number of carbonyl (C=O) groups excluding carboxylic acids is 1. The number of primary amides is 1. The van der Waals surface area contributed by atoms with Crippen LogP contribution in [0.15, 0.2) is 24.3 Å². The summed E-state index contributed by atoms with van der Waals surface area (Å²) in [6, 6.07) is 6.88. The fraction of sp³-hybridized carbons (Fsp3) is 0.500. The SMILES string of the molecule is CCCc1ccc(C(C)(NCC(F)(F)F)C(N)=O)cc1. The predicted molar refractivity (Wildman–Crippen MR) is 71.0 cm³/mol. The summed E-state index contributed by atoms with van der Waals surface area (Å²) in [5.41, 5.74) is 5.21. The summed E-state index contributed by atoms with van der Waals surface area (Å²) in [7, 11) is 0. The van der Waals surface area contributed by atoms with Gasteiger partial charge in [-0.2, -0.15) is 13.2 Å². The van der Waals surface area contributed by atoms with Crippen molar-refractivity contribution in [3.05, 3.63) is 35.4 Å². The number of hydrogen-bond acceptors (Lipinski definition) is 2. The molecule has 0 aliphatic carbocycles. The molecule has 1 aromatic rings. The van der Waals surface area contributed by atoms with E-state index in [1.165, 1.54) is 6.92 Å². The van der Waals surface area contributed by atoms with Crippen LogP contribution in [0.4, 0.5) is 13.2 Å². The van der Waals surface area contributed by atoms with Crippen LogP contribution in [-0.4, -0.2) is 18.6 Å². The van der Waals surface area contributed by atoms with Crippen molar-refractivity contribution in [3.8, 4) is 0 Å². The zero-order valence-corrected chi connectivity index (χ0v) is 11.6. The second kappa shape index (κ2) is 6.26. The fourth-order valence-corrected chi connectivity index (χ4v) is 1.90. The van der Waals surface area contributed by atoms with Crippen molar-refractivity contribution in [2.24, 2.45) is 5.73 Å². The number of halogens is 3. The molecule has 6 heteroatoms. The highest BCUT2D eigenvalue weighted by Gasteiger charge is 2.37. The molecule has 1 aromatic carbocycles. The summed E-state index contributed by atoms with van der Waals surface area (Å²) in [6.07, 6.45) is -2.55. The van der Waals surface area contributed by atoms with Gasteiger partial charge in [-0.05, 0) is 24.5 Å². The highest BCUT2D eigenvalue weighted by molar-refractivity contribution is 5.85. The summed E-state index contributed by atoms with van der Waals surface area (Å²) in [5, 5.41) is 2.20. The van der Waals surface area contributed by atoms with Crippen molar-refractivity contribution >= 4 is 5.91 Å². The number of hydrogen-bond donors (Lipinski definition) is 2. The molecule has 0 bridgehead atoms. The Morgan fingerprint density at radius 2 is 1.80 bits per heavy atom. The molecular formula is C14H19F3N2O. The number of rotatable bonds is 6. The van der Waals surface area contributed by atoms with Crippen LogP contribution < -0.4 is 11.1 Å². The smallest absolute Gasteiger partial charge is 0.368 e. The Morgan fingerprint density at radius 1 is 1.25 bits per heavy atom. The largest absolute Gasteiger partial charge is 0.401 e. The molecule has 1 unspecified atom stereocenters. The van der Waals surface area contributed by atoms with E-state index in [1.807, 2.05) is 6.92 Å². The number of nitrogens with one attached hydrogen (secondary N) is 1. The number of alkyl halides is 3. The minimum atomic E-state index is -4.40. The lowest BCUT2D eigenvalue weighted by Gasteiger charge is -2.28.